The minimum absolute atomic E-state index is 0.101. The molecule has 2 aromatic heterocycles. The van der Waals surface area contributed by atoms with Crippen molar-refractivity contribution in [2.75, 3.05) is 0 Å². The molecule has 3 aromatic rings. The van der Waals surface area contributed by atoms with E-state index >= 15 is 0 Å². The minimum Gasteiger partial charge on any atom is -0.313 e. The first-order chi connectivity index (χ1) is 7.86. The number of thiophene rings is 1. The average Bonchev–Trinajstić information content (AvgIpc) is 2.77. The fourth-order valence-electron chi connectivity index (χ4n) is 1.74. The zero-order valence-electron chi connectivity index (χ0n) is 8.31. The van der Waals surface area contributed by atoms with Gasteiger partial charge in [-0.3, -0.25) is 4.79 Å². The second-order valence-corrected chi connectivity index (χ2v) is 4.36. The lowest BCUT2D eigenvalue weighted by Crippen LogP contribution is -2.08. The molecule has 3 rings (SSSR count). The fraction of sp³-hybridized carbons (Fsp3) is 0. The van der Waals surface area contributed by atoms with Gasteiger partial charge < -0.3 is 4.98 Å². The Balaban J connectivity index is 2.39. The summed E-state index contributed by atoms with van der Waals surface area (Å²) in [6.07, 6.45) is 3.01. The van der Waals surface area contributed by atoms with E-state index in [1.54, 1.807) is 17.5 Å². The van der Waals surface area contributed by atoms with Gasteiger partial charge in [0, 0.05) is 16.5 Å². The van der Waals surface area contributed by atoms with E-state index < -0.39 is 0 Å². The molecular formula is C12H8N2OS. The van der Waals surface area contributed by atoms with Gasteiger partial charge in [0.15, 0.2) is 0 Å². The number of nitrogens with zero attached hydrogens (tertiary/aromatic N) is 1. The standard InChI is InChI=1S/C12H8N2OS/c15-12-10(6-13-7-14-12)9-3-1-2-8-4-5-16-11(8)9/h1-7H,(H,13,14,15). The number of aromatic amines is 1. The lowest BCUT2D eigenvalue weighted by molar-refractivity contribution is 1.12. The summed E-state index contributed by atoms with van der Waals surface area (Å²) in [5.74, 6) is 0. The molecule has 3 nitrogen and oxygen atoms in total. The van der Waals surface area contributed by atoms with Crippen molar-refractivity contribution in [3.8, 4) is 11.1 Å². The van der Waals surface area contributed by atoms with Crippen molar-refractivity contribution in [3.63, 3.8) is 0 Å². The van der Waals surface area contributed by atoms with Gasteiger partial charge in [-0.05, 0) is 16.8 Å². The third kappa shape index (κ3) is 1.35. The number of nitrogens with one attached hydrogen (secondary N) is 1. The number of H-pyrrole nitrogens is 1. The average molecular weight is 228 g/mol. The van der Waals surface area contributed by atoms with Crippen molar-refractivity contribution >= 4 is 21.4 Å². The van der Waals surface area contributed by atoms with Crippen LogP contribution < -0.4 is 5.56 Å². The first-order valence-corrected chi connectivity index (χ1v) is 5.73. The molecule has 0 saturated carbocycles. The molecule has 0 aliphatic rings. The van der Waals surface area contributed by atoms with Crippen molar-refractivity contribution in [1.29, 1.82) is 0 Å². The third-order valence-electron chi connectivity index (χ3n) is 2.49. The van der Waals surface area contributed by atoms with Gasteiger partial charge in [-0.15, -0.1) is 11.3 Å². The lowest BCUT2D eigenvalue weighted by atomic mass is 10.1. The summed E-state index contributed by atoms with van der Waals surface area (Å²) in [7, 11) is 0. The number of hydrogen-bond acceptors (Lipinski definition) is 3. The van der Waals surface area contributed by atoms with Gasteiger partial charge >= 0.3 is 0 Å². The van der Waals surface area contributed by atoms with Crippen LogP contribution >= 0.6 is 11.3 Å². The minimum atomic E-state index is -0.101. The van der Waals surface area contributed by atoms with Gasteiger partial charge in [0.05, 0.1) is 11.9 Å². The summed E-state index contributed by atoms with van der Waals surface area (Å²) in [6, 6.07) is 8.00. The Kier molecular flexibility index (Phi) is 2.08. The second-order valence-electron chi connectivity index (χ2n) is 3.44. The highest BCUT2D eigenvalue weighted by Gasteiger charge is 2.07. The molecule has 0 unspecified atom stereocenters. The van der Waals surface area contributed by atoms with Crippen molar-refractivity contribution in [2.24, 2.45) is 0 Å². The summed E-state index contributed by atoms with van der Waals surface area (Å²) < 4.78 is 1.13. The van der Waals surface area contributed by atoms with Crippen molar-refractivity contribution in [1.82, 2.24) is 9.97 Å². The zero-order valence-corrected chi connectivity index (χ0v) is 9.12. The molecule has 0 bridgehead atoms. The quantitative estimate of drug-likeness (QED) is 0.696. The Morgan fingerprint density at radius 2 is 2.12 bits per heavy atom. The molecule has 2 heterocycles. The maximum Gasteiger partial charge on any atom is 0.258 e. The number of hydrogen-bond donors (Lipinski definition) is 1. The molecule has 0 aliphatic carbocycles. The molecule has 0 atom stereocenters. The van der Waals surface area contributed by atoms with E-state index in [9.17, 15) is 4.79 Å². The topological polar surface area (TPSA) is 45.8 Å². The summed E-state index contributed by atoms with van der Waals surface area (Å²) in [6.45, 7) is 0. The number of rotatable bonds is 1. The van der Waals surface area contributed by atoms with E-state index in [4.69, 9.17) is 0 Å². The predicted molar refractivity (Wildman–Crippen MR) is 65.7 cm³/mol. The van der Waals surface area contributed by atoms with Gasteiger partial charge in [0.1, 0.15) is 0 Å². The monoisotopic (exact) mass is 228 g/mol. The number of fused-ring (bicyclic) bond motifs is 1. The fourth-order valence-corrected chi connectivity index (χ4v) is 2.67. The maximum absolute atomic E-state index is 11.7. The molecule has 1 N–H and O–H groups in total. The van der Waals surface area contributed by atoms with Gasteiger partial charge in [0.25, 0.3) is 5.56 Å². The maximum atomic E-state index is 11.7. The van der Waals surface area contributed by atoms with Crippen LogP contribution in [0.4, 0.5) is 0 Å². The molecule has 0 amide bonds. The highest BCUT2D eigenvalue weighted by atomic mass is 32.1. The van der Waals surface area contributed by atoms with E-state index in [-0.39, 0.29) is 5.56 Å². The molecule has 4 heteroatoms. The SMILES string of the molecule is O=c1[nH]cncc1-c1cccc2ccsc12. The van der Waals surface area contributed by atoms with Crippen LogP contribution in [0.1, 0.15) is 0 Å². The molecule has 0 fully saturated rings. The molecular weight excluding hydrogens is 220 g/mol. The molecule has 1 aromatic carbocycles. The van der Waals surface area contributed by atoms with Crippen molar-refractivity contribution < 1.29 is 0 Å². The molecule has 0 aliphatic heterocycles. The van der Waals surface area contributed by atoms with Crippen molar-refractivity contribution in [3.05, 3.63) is 52.5 Å². The second kappa shape index (κ2) is 3.57. The summed E-state index contributed by atoms with van der Waals surface area (Å²) in [5.41, 5.74) is 1.47. The first-order valence-electron chi connectivity index (χ1n) is 4.85. The van der Waals surface area contributed by atoms with Crippen LogP contribution in [0.3, 0.4) is 0 Å². The Morgan fingerprint density at radius 3 is 3.00 bits per heavy atom. The van der Waals surface area contributed by atoms with Gasteiger partial charge in [-0.2, -0.15) is 0 Å². The van der Waals surface area contributed by atoms with Crippen LogP contribution in [0.25, 0.3) is 21.2 Å². The van der Waals surface area contributed by atoms with E-state index in [0.29, 0.717) is 5.56 Å². The third-order valence-corrected chi connectivity index (χ3v) is 3.45. The molecule has 0 saturated heterocycles. The van der Waals surface area contributed by atoms with Crippen LogP contribution in [0.15, 0.2) is 47.0 Å². The van der Waals surface area contributed by atoms with E-state index in [0.717, 1.165) is 15.6 Å². The lowest BCUT2D eigenvalue weighted by Gasteiger charge is -2.00. The summed E-state index contributed by atoms with van der Waals surface area (Å²) in [5, 5.41) is 3.18. The van der Waals surface area contributed by atoms with E-state index in [2.05, 4.69) is 9.97 Å². The van der Waals surface area contributed by atoms with Crippen LogP contribution in [0.2, 0.25) is 0 Å². The Bertz CT molecular complexity index is 699. The first kappa shape index (κ1) is 9.30. The highest BCUT2D eigenvalue weighted by Crippen LogP contribution is 2.30. The van der Waals surface area contributed by atoms with Crippen LogP contribution in [0, 0.1) is 0 Å². The van der Waals surface area contributed by atoms with Crippen LogP contribution in [-0.2, 0) is 0 Å². The van der Waals surface area contributed by atoms with Gasteiger partial charge in [-0.25, -0.2) is 4.98 Å². The number of benzene rings is 1. The molecule has 78 valence electrons. The van der Waals surface area contributed by atoms with Gasteiger partial charge in [-0.1, -0.05) is 18.2 Å². The largest absolute Gasteiger partial charge is 0.313 e. The highest BCUT2D eigenvalue weighted by molar-refractivity contribution is 7.17. The normalized spacial score (nSPS) is 10.8. The van der Waals surface area contributed by atoms with Gasteiger partial charge in [0.2, 0.25) is 0 Å². The molecule has 0 spiro atoms. The Labute approximate surface area is 95.4 Å². The van der Waals surface area contributed by atoms with Crippen LogP contribution in [0.5, 0.6) is 0 Å². The smallest absolute Gasteiger partial charge is 0.258 e. The molecule has 16 heavy (non-hydrogen) atoms. The number of aromatic nitrogens is 2. The summed E-state index contributed by atoms with van der Waals surface area (Å²) in [4.78, 5) is 18.2. The Hall–Kier alpha value is -1.94. The zero-order chi connectivity index (χ0) is 11.0. The Morgan fingerprint density at radius 1 is 1.19 bits per heavy atom. The van der Waals surface area contributed by atoms with E-state index in [1.807, 2.05) is 29.6 Å². The summed E-state index contributed by atoms with van der Waals surface area (Å²) >= 11 is 1.64. The predicted octanol–water partition coefficient (Wildman–Crippen LogP) is 2.65. The van der Waals surface area contributed by atoms with E-state index in [1.165, 1.54) is 6.33 Å². The molecule has 0 radical (unpaired) electrons. The van der Waals surface area contributed by atoms with Crippen LogP contribution in [-0.4, -0.2) is 9.97 Å². The van der Waals surface area contributed by atoms with Crippen molar-refractivity contribution in [2.45, 2.75) is 0 Å².